The molecule has 2 aromatic carbocycles. The first-order valence-electron chi connectivity index (χ1n) is 7.28. The average molecular weight is 326 g/mol. The van der Waals surface area contributed by atoms with E-state index in [4.69, 9.17) is 4.74 Å². The number of para-hydroxylation sites is 1. The number of rotatable bonds is 5. The molecule has 1 aromatic heterocycles. The van der Waals surface area contributed by atoms with Crippen molar-refractivity contribution in [3.05, 3.63) is 54.7 Å². The molecule has 0 saturated carbocycles. The number of ether oxygens (including phenoxy) is 1. The summed E-state index contributed by atoms with van der Waals surface area (Å²) in [6.45, 7) is 0. The molecule has 5 heteroatoms. The Kier molecular flexibility index (Phi) is 4.57. The van der Waals surface area contributed by atoms with Crippen LogP contribution in [0.4, 0.5) is 5.69 Å². The minimum absolute atomic E-state index is 0.0203. The number of hydrogen-bond acceptors (Lipinski definition) is 3. The van der Waals surface area contributed by atoms with Crippen molar-refractivity contribution in [3.8, 4) is 5.75 Å². The van der Waals surface area contributed by atoms with Gasteiger partial charge in [-0.2, -0.15) is 0 Å². The lowest BCUT2D eigenvalue weighted by molar-refractivity contribution is -0.113. The van der Waals surface area contributed by atoms with Crippen LogP contribution in [0.15, 0.2) is 59.6 Å². The van der Waals surface area contributed by atoms with Gasteiger partial charge in [-0.15, -0.1) is 11.8 Å². The molecule has 0 bridgehead atoms. The first-order valence-corrected chi connectivity index (χ1v) is 8.26. The smallest absolute Gasteiger partial charge is 0.234 e. The Bertz CT molecular complexity index is 825. The van der Waals surface area contributed by atoms with E-state index in [0.717, 1.165) is 16.3 Å². The van der Waals surface area contributed by atoms with E-state index < -0.39 is 0 Å². The fourth-order valence-corrected chi connectivity index (χ4v) is 3.35. The minimum atomic E-state index is -0.0203. The average Bonchev–Trinajstić information content (AvgIpc) is 2.90. The molecule has 118 valence electrons. The van der Waals surface area contributed by atoms with Gasteiger partial charge in [-0.25, -0.2) is 0 Å². The molecule has 0 spiro atoms. The van der Waals surface area contributed by atoms with Crippen LogP contribution in [0, 0.1) is 0 Å². The monoisotopic (exact) mass is 326 g/mol. The summed E-state index contributed by atoms with van der Waals surface area (Å²) in [6.07, 6.45) is 2.07. The number of thioether (sulfide) groups is 1. The minimum Gasteiger partial charge on any atom is -0.497 e. The van der Waals surface area contributed by atoms with E-state index in [0.29, 0.717) is 5.75 Å². The molecule has 1 amide bonds. The number of aryl methyl sites for hydroxylation is 1. The van der Waals surface area contributed by atoms with Crippen LogP contribution in [0.25, 0.3) is 10.9 Å². The number of carbonyl (C=O) groups excluding carboxylic acids is 1. The van der Waals surface area contributed by atoms with Crippen molar-refractivity contribution >= 4 is 34.3 Å². The number of carbonyl (C=O) groups is 1. The molecule has 3 rings (SSSR count). The summed E-state index contributed by atoms with van der Waals surface area (Å²) in [6, 6.07) is 15.5. The van der Waals surface area contributed by atoms with E-state index >= 15 is 0 Å². The van der Waals surface area contributed by atoms with E-state index in [1.54, 1.807) is 18.9 Å². The SMILES string of the molecule is COc1ccc(NC(=O)CSc2cn(C)c3ccccc23)cc1. The standard InChI is InChI=1S/C18H18N2O2S/c1-20-11-17(15-5-3-4-6-16(15)20)23-12-18(21)19-13-7-9-14(22-2)10-8-13/h3-11H,12H2,1-2H3,(H,19,21). The molecule has 0 unspecified atom stereocenters. The first-order chi connectivity index (χ1) is 11.2. The maximum absolute atomic E-state index is 12.1. The Morgan fingerprint density at radius 2 is 1.91 bits per heavy atom. The molecule has 3 aromatic rings. The molecule has 1 heterocycles. The summed E-state index contributed by atoms with van der Waals surface area (Å²) >= 11 is 1.55. The van der Waals surface area contributed by atoms with Crippen LogP contribution < -0.4 is 10.1 Å². The van der Waals surface area contributed by atoms with Crippen molar-refractivity contribution in [3.63, 3.8) is 0 Å². The highest BCUT2D eigenvalue weighted by atomic mass is 32.2. The fourth-order valence-electron chi connectivity index (χ4n) is 2.43. The van der Waals surface area contributed by atoms with Gasteiger partial charge in [0, 0.05) is 34.7 Å². The normalized spacial score (nSPS) is 10.7. The molecule has 0 aliphatic carbocycles. The van der Waals surface area contributed by atoms with Gasteiger partial charge >= 0.3 is 0 Å². The van der Waals surface area contributed by atoms with Gasteiger partial charge in [0.15, 0.2) is 0 Å². The number of nitrogens with one attached hydrogen (secondary N) is 1. The van der Waals surface area contributed by atoms with Gasteiger partial charge in [0.25, 0.3) is 0 Å². The van der Waals surface area contributed by atoms with Gasteiger partial charge in [-0.05, 0) is 30.3 Å². The van der Waals surface area contributed by atoms with Crippen LogP contribution in [0.3, 0.4) is 0 Å². The van der Waals surface area contributed by atoms with Crippen molar-refractivity contribution in [1.82, 2.24) is 4.57 Å². The molecule has 0 saturated heterocycles. The molecular formula is C18H18N2O2S. The van der Waals surface area contributed by atoms with E-state index in [1.165, 1.54) is 10.9 Å². The number of fused-ring (bicyclic) bond motifs is 1. The third-order valence-electron chi connectivity index (χ3n) is 3.59. The Hall–Kier alpha value is -2.40. The number of hydrogen-bond donors (Lipinski definition) is 1. The molecule has 23 heavy (non-hydrogen) atoms. The summed E-state index contributed by atoms with van der Waals surface area (Å²) in [7, 11) is 3.64. The quantitative estimate of drug-likeness (QED) is 0.723. The Balaban J connectivity index is 1.63. The zero-order chi connectivity index (χ0) is 16.2. The van der Waals surface area contributed by atoms with Crippen LogP contribution in [0.2, 0.25) is 0 Å². The second kappa shape index (κ2) is 6.79. The van der Waals surface area contributed by atoms with E-state index in [9.17, 15) is 4.79 Å². The van der Waals surface area contributed by atoms with Crippen molar-refractivity contribution in [2.75, 3.05) is 18.2 Å². The van der Waals surface area contributed by atoms with E-state index in [2.05, 4.69) is 28.2 Å². The molecule has 0 aliphatic heterocycles. The van der Waals surface area contributed by atoms with Crippen molar-refractivity contribution in [2.45, 2.75) is 4.90 Å². The number of amides is 1. The molecule has 0 atom stereocenters. The molecule has 0 radical (unpaired) electrons. The fraction of sp³-hybridized carbons (Fsp3) is 0.167. The molecule has 0 aliphatic rings. The maximum atomic E-state index is 12.1. The highest BCUT2D eigenvalue weighted by Crippen LogP contribution is 2.29. The van der Waals surface area contributed by atoms with Crippen molar-refractivity contribution in [2.24, 2.45) is 7.05 Å². The predicted octanol–water partition coefficient (Wildman–Crippen LogP) is 3.92. The number of aromatic nitrogens is 1. The maximum Gasteiger partial charge on any atom is 0.234 e. The van der Waals surface area contributed by atoms with Crippen LogP contribution in [-0.2, 0) is 11.8 Å². The summed E-state index contributed by atoms with van der Waals surface area (Å²) in [5, 5.41) is 4.07. The zero-order valence-corrected chi connectivity index (χ0v) is 13.9. The number of nitrogens with zero attached hydrogens (tertiary/aromatic N) is 1. The lowest BCUT2D eigenvalue weighted by atomic mass is 10.2. The lowest BCUT2D eigenvalue weighted by Crippen LogP contribution is -2.13. The molecular weight excluding hydrogens is 308 g/mol. The summed E-state index contributed by atoms with van der Waals surface area (Å²) < 4.78 is 7.19. The Morgan fingerprint density at radius 1 is 1.17 bits per heavy atom. The lowest BCUT2D eigenvalue weighted by Gasteiger charge is -2.06. The third kappa shape index (κ3) is 3.51. The van der Waals surface area contributed by atoms with Gasteiger partial charge in [0.2, 0.25) is 5.91 Å². The molecule has 4 nitrogen and oxygen atoms in total. The van der Waals surface area contributed by atoms with Gasteiger partial charge in [0.1, 0.15) is 5.75 Å². The number of methoxy groups -OCH3 is 1. The summed E-state index contributed by atoms with van der Waals surface area (Å²) in [5.41, 5.74) is 1.94. The van der Waals surface area contributed by atoms with Crippen LogP contribution in [-0.4, -0.2) is 23.3 Å². The summed E-state index contributed by atoms with van der Waals surface area (Å²) in [5.74, 6) is 1.13. The van der Waals surface area contributed by atoms with Crippen molar-refractivity contribution in [1.29, 1.82) is 0 Å². The highest BCUT2D eigenvalue weighted by molar-refractivity contribution is 8.00. The molecule has 0 fully saturated rings. The van der Waals surface area contributed by atoms with Crippen LogP contribution in [0.1, 0.15) is 0 Å². The predicted molar refractivity (Wildman–Crippen MR) is 95.3 cm³/mol. The topological polar surface area (TPSA) is 43.3 Å². The van der Waals surface area contributed by atoms with E-state index in [1.807, 2.05) is 43.4 Å². The number of anilines is 1. The Morgan fingerprint density at radius 3 is 2.65 bits per heavy atom. The number of benzene rings is 2. The summed E-state index contributed by atoms with van der Waals surface area (Å²) in [4.78, 5) is 13.2. The Labute approximate surface area is 139 Å². The van der Waals surface area contributed by atoms with Gasteiger partial charge < -0.3 is 14.6 Å². The van der Waals surface area contributed by atoms with Gasteiger partial charge in [-0.1, -0.05) is 18.2 Å². The zero-order valence-electron chi connectivity index (χ0n) is 13.1. The second-order valence-electron chi connectivity index (χ2n) is 5.19. The van der Waals surface area contributed by atoms with Crippen LogP contribution >= 0.6 is 11.8 Å². The highest BCUT2D eigenvalue weighted by Gasteiger charge is 2.09. The van der Waals surface area contributed by atoms with Gasteiger partial charge in [0.05, 0.1) is 12.9 Å². The third-order valence-corrected chi connectivity index (χ3v) is 4.64. The van der Waals surface area contributed by atoms with Crippen molar-refractivity contribution < 1.29 is 9.53 Å². The van der Waals surface area contributed by atoms with Gasteiger partial charge in [-0.3, -0.25) is 4.79 Å². The molecule has 1 N–H and O–H groups in total. The van der Waals surface area contributed by atoms with Crippen LogP contribution in [0.5, 0.6) is 5.75 Å². The largest absolute Gasteiger partial charge is 0.497 e. The van der Waals surface area contributed by atoms with E-state index in [-0.39, 0.29) is 5.91 Å². The second-order valence-corrected chi connectivity index (χ2v) is 6.20. The first kappa shape index (κ1) is 15.5.